The second-order valence-corrected chi connectivity index (χ2v) is 6.67. The fraction of sp³-hybridized carbons (Fsp3) is 0.643. The summed E-state index contributed by atoms with van der Waals surface area (Å²) in [5.41, 5.74) is 1.13. The fourth-order valence-electron chi connectivity index (χ4n) is 2.72. The summed E-state index contributed by atoms with van der Waals surface area (Å²) in [5.74, 6) is 0.857. The Morgan fingerprint density at radius 2 is 2.33 bits per heavy atom. The molecule has 2 N–H and O–H groups in total. The molecule has 0 aromatic carbocycles. The van der Waals surface area contributed by atoms with Crippen LogP contribution in [0.1, 0.15) is 46.3 Å². The van der Waals surface area contributed by atoms with E-state index in [4.69, 9.17) is 5.11 Å². The first-order valence-electron chi connectivity index (χ1n) is 6.59. The SMILES string of the molecule is Cc1sc(C(=O)O)cc1CNCC1CCC(C)C1. The van der Waals surface area contributed by atoms with E-state index in [1.807, 2.05) is 6.92 Å². The summed E-state index contributed by atoms with van der Waals surface area (Å²) < 4.78 is 0. The third kappa shape index (κ3) is 3.33. The second kappa shape index (κ2) is 5.85. The molecule has 1 aromatic heterocycles. The Morgan fingerprint density at radius 1 is 1.56 bits per heavy atom. The van der Waals surface area contributed by atoms with E-state index in [0.29, 0.717) is 4.88 Å². The van der Waals surface area contributed by atoms with Crippen molar-refractivity contribution in [3.8, 4) is 0 Å². The minimum atomic E-state index is -0.820. The molecule has 100 valence electrons. The lowest BCUT2D eigenvalue weighted by atomic mass is 10.1. The largest absolute Gasteiger partial charge is 0.477 e. The van der Waals surface area contributed by atoms with Gasteiger partial charge in [0.05, 0.1) is 0 Å². The zero-order chi connectivity index (χ0) is 13.1. The average molecular weight is 267 g/mol. The van der Waals surface area contributed by atoms with Crippen LogP contribution >= 0.6 is 11.3 Å². The highest BCUT2D eigenvalue weighted by Gasteiger charge is 2.20. The summed E-state index contributed by atoms with van der Waals surface area (Å²) in [4.78, 5) is 12.4. The maximum absolute atomic E-state index is 10.9. The van der Waals surface area contributed by atoms with Crippen molar-refractivity contribution < 1.29 is 9.90 Å². The van der Waals surface area contributed by atoms with Crippen molar-refractivity contribution in [2.45, 2.75) is 39.7 Å². The lowest BCUT2D eigenvalue weighted by Crippen LogP contribution is -2.21. The van der Waals surface area contributed by atoms with Crippen LogP contribution < -0.4 is 5.32 Å². The molecule has 0 saturated heterocycles. The Kier molecular flexibility index (Phi) is 4.40. The van der Waals surface area contributed by atoms with Crippen molar-refractivity contribution in [3.63, 3.8) is 0 Å². The lowest BCUT2D eigenvalue weighted by molar-refractivity contribution is 0.0702. The minimum absolute atomic E-state index is 0.443. The van der Waals surface area contributed by atoms with Crippen molar-refractivity contribution in [2.75, 3.05) is 6.54 Å². The molecule has 0 radical (unpaired) electrons. The highest BCUT2D eigenvalue weighted by molar-refractivity contribution is 7.14. The van der Waals surface area contributed by atoms with Crippen molar-refractivity contribution in [1.82, 2.24) is 5.32 Å². The van der Waals surface area contributed by atoms with Crippen LogP contribution in [0.4, 0.5) is 0 Å². The van der Waals surface area contributed by atoms with E-state index in [0.717, 1.165) is 35.4 Å². The first-order chi connectivity index (χ1) is 8.56. The predicted molar refractivity (Wildman–Crippen MR) is 74.2 cm³/mol. The molecule has 4 heteroatoms. The molecule has 1 aliphatic carbocycles. The monoisotopic (exact) mass is 267 g/mol. The van der Waals surface area contributed by atoms with Crippen molar-refractivity contribution >= 4 is 17.3 Å². The number of nitrogens with one attached hydrogen (secondary N) is 1. The zero-order valence-electron chi connectivity index (χ0n) is 11.0. The first kappa shape index (κ1) is 13.6. The molecule has 1 aliphatic rings. The van der Waals surface area contributed by atoms with E-state index >= 15 is 0 Å². The summed E-state index contributed by atoms with van der Waals surface area (Å²) in [6.45, 7) is 6.16. The van der Waals surface area contributed by atoms with Gasteiger partial charge in [-0.1, -0.05) is 13.3 Å². The second-order valence-electron chi connectivity index (χ2n) is 5.41. The maximum atomic E-state index is 10.9. The fourth-order valence-corrected chi connectivity index (χ4v) is 3.60. The number of carbonyl (C=O) groups is 1. The maximum Gasteiger partial charge on any atom is 0.345 e. The standard InChI is InChI=1S/C14H21NO2S/c1-9-3-4-11(5-9)7-15-8-12-6-13(14(16)17)18-10(12)2/h6,9,11,15H,3-5,7-8H2,1-2H3,(H,16,17). The van der Waals surface area contributed by atoms with Crippen molar-refractivity contribution in [1.29, 1.82) is 0 Å². The van der Waals surface area contributed by atoms with Crippen LogP contribution in [0.3, 0.4) is 0 Å². The van der Waals surface area contributed by atoms with Crippen LogP contribution in [-0.2, 0) is 6.54 Å². The average Bonchev–Trinajstić information content (AvgIpc) is 2.87. The van der Waals surface area contributed by atoms with Gasteiger partial charge in [-0.2, -0.15) is 0 Å². The molecule has 1 aromatic rings. The van der Waals surface area contributed by atoms with Gasteiger partial charge in [0.2, 0.25) is 0 Å². The van der Waals surface area contributed by atoms with Gasteiger partial charge in [0, 0.05) is 11.4 Å². The molecule has 0 amide bonds. The third-order valence-corrected chi connectivity index (χ3v) is 4.86. The summed E-state index contributed by atoms with van der Waals surface area (Å²) in [7, 11) is 0. The Morgan fingerprint density at radius 3 is 2.89 bits per heavy atom. The van der Waals surface area contributed by atoms with E-state index in [9.17, 15) is 4.79 Å². The molecular weight excluding hydrogens is 246 g/mol. The quantitative estimate of drug-likeness (QED) is 0.860. The van der Waals surface area contributed by atoms with E-state index < -0.39 is 5.97 Å². The summed E-state index contributed by atoms with van der Waals surface area (Å²) in [6.07, 6.45) is 4.01. The van der Waals surface area contributed by atoms with Gasteiger partial charge in [0.25, 0.3) is 0 Å². The molecular formula is C14H21NO2S. The van der Waals surface area contributed by atoms with Crippen LogP contribution in [0.5, 0.6) is 0 Å². The topological polar surface area (TPSA) is 49.3 Å². The Hall–Kier alpha value is -0.870. The smallest absolute Gasteiger partial charge is 0.345 e. The Balaban J connectivity index is 1.81. The molecule has 0 spiro atoms. The van der Waals surface area contributed by atoms with Crippen LogP contribution in [0.2, 0.25) is 0 Å². The van der Waals surface area contributed by atoms with E-state index in [1.165, 1.54) is 30.6 Å². The highest BCUT2D eigenvalue weighted by atomic mass is 32.1. The van der Waals surface area contributed by atoms with Crippen LogP contribution in [0, 0.1) is 18.8 Å². The molecule has 3 nitrogen and oxygen atoms in total. The lowest BCUT2D eigenvalue weighted by Gasteiger charge is -2.10. The highest BCUT2D eigenvalue weighted by Crippen LogP contribution is 2.29. The Bertz CT molecular complexity index is 427. The predicted octanol–water partition coefficient (Wildman–Crippen LogP) is 3.28. The minimum Gasteiger partial charge on any atom is -0.477 e. The number of carboxylic acid groups (broad SMARTS) is 1. The van der Waals surface area contributed by atoms with Crippen LogP contribution in [-0.4, -0.2) is 17.6 Å². The van der Waals surface area contributed by atoms with Crippen LogP contribution in [0.15, 0.2) is 6.07 Å². The molecule has 0 aliphatic heterocycles. The van der Waals surface area contributed by atoms with Gasteiger partial charge in [-0.25, -0.2) is 4.79 Å². The van der Waals surface area contributed by atoms with Crippen LogP contribution in [0.25, 0.3) is 0 Å². The van der Waals surface area contributed by atoms with Gasteiger partial charge in [-0.05, 0) is 49.8 Å². The molecule has 1 heterocycles. The van der Waals surface area contributed by atoms with E-state index in [2.05, 4.69) is 12.2 Å². The molecule has 2 atom stereocenters. The molecule has 0 bridgehead atoms. The molecule has 1 fully saturated rings. The molecule has 2 unspecified atom stereocenters. The van der Waals surface area contributed by atoms with Crippen molar-refractivity contribution in [2.24, 2.45) is 11.8 Å². The normalized spacial score (nSPS) is 23.4. The number of thiophene rings is 1. The van der Waals surface area contributed by atoms with Gasteiger partial charge < -0.3 is 10.4 Å². The molecule has 18 heavy (non-hydrogen) atoms. The molecule has 1 saturated carbocycles. The number of hydrogen-bond donors (Lipinski definition) is 2. The molecule has 2 rings (SSSR count). The number of hydrogen-bond acceptors (Lipinski definition) is 3. The van der Waals surface area contributed by atoms with Gasteiger partial charge in [-0.3, -0.25) is 0 Å². The summed E-state index contributed by atoms with van der Waals surface area (Å²) in [6, 6.07) is 1.80. The number of aromatic carboxylic acids is 1. The van der Waals surface area contributed by atoms with E-state index in [1.54, 1.807) is 6.07 Å². The zero-order valence-corrected chi connectivity index (χ0v) is 11.8. The third-order valence-electron chi connectivity index (χ3n) is 3.78. The van der Waals surface area contributed by atoms with Gasteiger partial charge in [0.1, 0.15) is 4.88 Å². The van der Waals surface area contributed by atoms with Gasteiger partial charge in [-0.15, -0.1) is 11.3 Å². The first-order valence-corrected chi connectivity index (χ1v) is 7.41. The Labute approximate surface area is 112 Å². The summed E-state index contributed by atoms with van der Waals surface area (Å²) >= 11 is 1.37. The van der Waals surface area contributed by atoms with Gasteiger partial charge in [0.15, 0.2) is 0 Å². The summed E-state index contributed by atoms with van der Waals surface area (Å²) in [5, 5.41) is 12.4. The van der Waals surface area contributed by atoms with Crippen molar-refractivity contribution in [3.05, 3.63) is 21.4 Å². The van der Waals surface area contributed by atoms with Gasteiger partial charge >= 0.3 is 5.97 Å². The van der Waals surface area contributed by atoms with E-state index in [-0.39, 0.29) is 0 Å². The number of aryl methyl sites for hydroxylation is 1. The number of carboxylic acids is 1. The number of rotatable bonds is 5.